The van der Waals surface area contributed by atoms with E-state index in [9.17, 15) is 19.1 Å². The number of thiazole rings is 1. The van der Waals surface area contributed by atoms with E-state index in [1.54, 1.807) is 32.2 Å². The molecule has 1 saturated heterocycles. The van der Waals surface area contributed by atoms with Crippen molar-refractivity contribution in [2.75, 3.05) is 39.8 Å². The molecular weight excluding hydrogens is 604 g/mol. The van der Waals surface area contributed by atoms with Gasteiger partial charge in [-0.3, -0.25) is 14.7 Å². The fraction of sp³-hybridized carbons (Fsp3) is 0.516. The maximum atomic E-state index is 14.7. The van der Waals surface area contributed by atoms with Crippen molar-refractivity contribution < 1.29 is 23.8 Å². The van der Waals surface area contributed by atoms with E-state index in [0.717, 1.165) is 11.5 Å². The Morgan fingerprint density at radius 3 is 2.75 bits per heavy atom. The first-order chi connectivity index (χ1) is 21.1. The van der Waals surface area contributed by atoms with E-state index in [0.29, 0.717) is 72.3 Å². The van der Waals surface area contributed by atoms with E-state index in [-0.39, 0.29) is 30.4 Å². The van der Waals surface area contributed by atoms with Crippen LogP contribution in [-0.4, -0.2) is 99.6 Å². The Balaban J connectivity index is 1.39. The number of aromatic nitrogens is 1. The van der Waals surface area contributed by atoms with Crippen LogP contribution in [0.3, 0.4) is 0 Å². The van der Waals surface area contributed by atoms with Gasteiger partial charge in [0.25, 0.3) is 0 Å². The molecule has 0 radical (unpaired) electrons. The fourth-order valence-electron chi connectivity index (χ4n) is 6.34. The standard InChI is InChI=1S/C31H39FN6O4S2/c1-5-42-30(41)25-24(34-27(28-33-11-14-44-28)35-26(25)22-7-6-8-23(32)19(22)3)17-37-12-13-38(18(2)16-37)31(43)36(4)21-10-9-20(15-21)29(39)40/h6-8,11,14,18,20-21,26H,5,9-10,12-13,15-17H2,1-4H3,(H,34,35)(H,39,40)/t18-,20?,21?,26+/m1/s1. The van der Waals surface area contributed by atoms with Gasteiger partial charge in [0, 0.05) is 62.6 Å². The molecule has 1 aliphatic carbocycles. The Morgan fingerprint density at radius 2 is 2.09 bits per heavy atom. The highest BCUT2D eigenvalue weighted by Gasteiger charge is 2.38. The van der Waals surface area contributed by atoms with Crippen LogP contribution in [0.25, 0.3) is 0 Å². The summed E-state index contributed by atoms with van der Waals surface area (Å²) in [7, 11) is 1.97. The lowest BCUT2D eigenvalue weighted by Gasteiger charge is -2.44. The van der Waals surface area contributed by atoms with Crippen molar-refractivity contribution in [2.45, 2.75) is 58.2 Å². The lowest BCUT2D eigenvalue weighted by atomic mass is 9.92. The van der Waals surface area contributed by atoms with E-state index < -0.39 is 18.0 Å². The number of esters is 1. The van der Waals surface area contributed by atoms with Crippen LogP contribution in [0, 0.1) is 18.7 Å². The normalized spacial score (nSPS) is 24.1. The SMILES string of the molecule is CCOC(=O)C1=C(CN2CCN(C(=S)N(C)C3CCC(C(=O)O)C3)[C@H](C)C2)NC(c2nccs2)=N[C@H]1c1cccc(F)c1C. The first-order valence-electron chi connectivity index (χ1n) is 15.0. The number of amidine groups is 1. The van der Waals surface area contributed by atoms with Crippen LogP contribution in [0.4, 0.5) is 4.39 Å². The molecule has 4 atom stereocenters. The van der Waals surface area contributed by atoms with Crippen LogP contribution in [0.2, 0.25) is 0 Å². The number of ether oxygens (including phenoxy) is 1. The number of nitrogens with one attached hydrogen (secondary N) is 1. The van der Waals surface area contributed by atoms with Gasteiger partial charge in [-0.25, -0.2) is 14.2 Å². The largest absolute Gasteiger partial charge is 0.481 e. The number of piperazine rings is 1. The van der Waals surface area contributed by atoms with Crippen LogP contribution in [0.5, 0.6) is 0 Å². The highest BCUT2D eigenvalue weighted by molar-refractivity contribution is 7.80. The second-order valence-electron chi connectivity index (χ2n) is 11.6. The number of carbonyl (C=O) groups excluding carboxylic acids is 1. The van der Waals surface area contributed by atoms with Gasteiger partial charge in [-0.1, -0.05) is 12.1 Å². The number of carboxylic acids is 1. The topological polar surface area (TPSA) is 111 Å². The predicted molar refractivity (Wildman–Crippen MR) is 171 cm³/mol. The quantitative estimate of drug-likeness (QED) is 0.324. The van der Waals surface area contributed by atoms with Crippen molar-refractivity contribution in [2.24, 2.45) is 10.9 Å². The zero-order valence-corrected chi connectivity index (χ0v) is 27.1. The number of carboxylic acid groups (broad SMARTS) is 1. The minimum absolute atomic E-state index is 0.0824. The number of hydrogen-bond donors (Lipinski definition) is 2. The Bertz CT molecular complexity index is 1460. The van der Waals surface area contributed by atoms with Gasteiger partial charge in [-0.15, -0.1) is 11.3 Å². The van der Waals surface area contributed by atoms with Gasteiger partial charge in [-0.2, -0.15) is 0 Å². The van der Waals surface area contributed by atoms with Crippen molar-refractivity contribution in [1.29, 1.82) is 0 Å². The molecule has 2 fully saturated rings. The van der Waals surface area contributed by atoms with Crippen molar-refractivity contribution >= 4 is 46.4 Å². The van der Waals surface area contributed by atoms with Crippen LogP contribution in [-0.2, 0) is 14.3 Å². The first kappa shape index (κ1) is 32.0. The molecule has 0 bridgehead atoms. The van der Waals surface area contributed by atoms with Crippen LogP contribution in [0.15, 0.2) is 46.0 Å². The minimum Gasteiger partial charge on any atom is -0.481 e. The van der Waals surface area contributed by atoms with Gasteiger partial charge in [-0.05, 0) is 69.4 Å². The molecule has 2 N–H and O–H groups in total. The van der Waals surface area contributed by atoms with Gasteiger partial charge < -0.3 is 25.0 Å². The summed E-state index contributed by atoms with van der Waals surface area (Å²) in [6, 6.07) is 4.27. The number of rotatable bonds is 8. The van der Waals surface area contributed by atoms with Gasteiger partial charge in [0.2, 0.25) is 0 Å². The summed E-state index contributed by atoms with van der Waals surface area (Å²) < 4.78 is 20.3. The predicted octanol–water partition coefficient (Wildman–Crippen LogP) is 3.98. The molecule has 2 aliphatic heterocycles. The third kappa shape index (κ3) is 6.64. The number of nitrogens with zero attached hydrogens (tertiary/aromatic N) is 5. The van der Waals surface area contributed by atoms with Crippen molar-refractivity contribution in [3.63, 3.8) is 0 Å². The van der Waals surface area contributed by atoms with E-state index in [2.05, 4.69) is 31.9 Å². The third-order valence-electron chi connectivity index (χ3n) is 8.80. The van der Waals surface area contributed by atoms with Crippen molar-refractivity contribution in [3.05, 3.63) is 63.0 Å². The van der Waals surface area contributed by atoms with E-state index in [1.807, 2.05) is 12.4 Å². The summed E-state index contributed by atoms with van der Waals surface area (Å²) >= 11 is 7.33. The molecule has 44 heavy (non-hydrogen) atoms. The molecule has 1 aromatic heterocycles. The van der Waals surface area contributed by atoms with E-state index in [1.165, 1.54) is 17.4 Å². The Hall–Kier alpha value is -3.42. The molecular formula is C31H39FN6O4S2. The maximum absolute atomic E-state index is 14.7. The number of hydrogen-bond acceptors (Lipinski definition) is 9. The fourth-order valence-corrected chi connectivity index (χ4v) is 7.35. The summed E-state index contributed by atoms with van der Waals surface area (Å²) in [5.41, 5.74) is 2.05. The minimum atomic E-state index is -0.763. The Labute approximate surface area is 266 Å². The molecule has 2 unspecified atom stereocenters. The Kier molecular flexibility index (Phi) is 9.96. The average molecular weight is 643 g/mol. The second-order valence-corrected chi connectivity index (χ2v) is 12.8. The highest BCUT2D eigenvalue weighted by Crippen LogP contribution is 2.36. The summed E-state index contributed by atoms with van der Waals surface area (Å²) in [6.45, 7) is 8.26. The lowest BCUT2D eigenvalue weighted by molar-refractivity contribution is -0.141. The molecule has 3 heterocycles. The van der Waals surface area contributed by atoms with Crippen molar-refractivity contribution in [3.8, 4) is 0 Å². The summed E-state index contributed by atoms with van der Waals surface area (Å²) in [5.74, 6) is -1.38. The molecule has 0 amide bonds. The van der Waals surface area contributed by atoms with Gasteiger partial charge in [0.1, 0.15) is 11.9 Å². The second kappa shape index (κ2) is 13.7. The zero-order chi connectivity index (χ0) is 31.5. The molecule has 5 rings (SSSR count). The molecule has 3 aliphatic rings. The molecule has 236 valence electrons. The summed E-state index contributed by atoms with van der Waals surface area (Å²) in [4.78, 5) is 40.9. The third-order valence-corrected chi connectivity index (χ3v) is 10.1. The van der Waals surface area contributed by atoms with E-state index in [4.69, 9.17) is 21.9 Å². The van der Waals surface area contributed by atoms with Gasteiger partial charge in [0.05, 0.1) is 18.1 Å². The molecule has 10 nitrogen and oxygen atoms in total. The average Bonchev–Trinajstić information content (AvgIpc) is 3.71. The number of aliphatic imine (C=N–C) groups is 1. The first-order valence-corrected chi connectivity index (χ1v) is 16.3. The molecule has 1 saturated carbocycles. The van der Waals surface area contributed by atoms with Crippen molar-refractivity contribution in [1.82, 2.24) is 25.0 Å². The molecule has 2 aromatic rings. The molecule has 1 aromatic carbocycles. The lowest BCUT2D eigenvalue weighted by Crippen LogP contribution is -2.58. The van der Waals surface area contributed by atoms with Crippen LogP contribution >= 0.6 is 23.6 Å². The molecule has 13 heteroatoms. The zero-order valence-electron chi connectivity index (χ0n) is 25.5. The number of aliphatic carboxylic acids is 1. The van der Waals surface area contributed by atoms with Gasteiger partial charge in [0.15, 0.2) is 16.0 Å². The van der Waals surface area contributed by atoms with E-state index >= 15 is 0 Å². The van der Waals surface area contributed by atoms with Crippen LogP contribution in [0.1, 0.15) is 55.3 Å². The van der Waals surface area contributed by atoms with Crippen LogP contribution < -0.4 is 5.32 Å². The summed E-state index contributed by atoms with van der Waals surface area (Å²) in [5, 5.41) is 16.1. The number of carbonyl (C=O) groups is 2. The maximum Gasteiger partial charge on any atom is 0.338 e. The monoisotopic (exact) mass is 642 g/mol. The van der Waals surface area contributed by atoms with Gasteiger partial charge >= 0.3 is 11.9 Å². The molecule has 0 spiro atoms. The number of halogens is 1. The Morgan fingerprint density at radius 1 is 1.30 bits per heavy atom. The number of thiocarbonyl (C=S) groups is 1. The summed E-state index contributed by atoms with van der Waals surface area (Å²) in [6.07, 6.45) is 3.79. The highest BCUT2D eigenvalue weighted by atomic mass is 32.1. The number of benzene rings is 1. The smallest absolute Gasteiger partial charge is 0.338 e.